The summed E-state index contributed by atoms with van der Waals surface area (Å²) in [7, 11) is -3.22. The molecule has 106 valence electrons. The highest BCUT2D eigenvalue weighted by molar-refractivity contribution is 7.90. The molecular weight excluding hydrogens is 266 g/mol. The molecule has 1 amide bonds. The van der Waals surface area contributed by atoms with Gasteiger partial charge in [0.2, 0.25) is 0 Å². The van der Waals surface area contributed by atoms with Gasteiger partial charge in [0, 0.05) is 12.3 Å². The lowest BCUT2D eigenvalue weighted by atomic mass is 10.3. The van der Waals surface area contributed by atoms with Crippen LogP contribution in [0.15, 0.2) is 29.2 Å². The predicted octanol–water partition coefficient (Wildman–Crippen LogP) is 1.38. The SMILES string of the molecule is CC(C)NC(=O)C(C)Oc1ccc(S(C)(=O)=O)cc1. The van der Waals surface area contributed by atoms with E-state index in [1.54, 1.807) is 6.92 Å². The minimum absolute atomic E-state index is 0.0474. The van der Waals surface area contributed by atoms with Crippen molar-refractivity contribution in [2.24, 2.45) is 0 Å². The molecular formula is C13H19NO4S. The molecule has 0 saturated heterocycles. The van der Waals surface area contributed by atoms with E-state index in [4.69, 9.17) is 4.74 Å². The van der Waals surface area contributed by atoms with Crippen LogP contribution in [0.3, 0.4) is 0 Å². The number of benzene rings is 1. The molecule has 1 N–H and O–H groups in total. The van der Waals surface area contributed by atoms with Crippen molar-refractivity contribution in [3.8, 4) is 5.75 Å². The van der Waals surface area contributed by atoms with Crippen molar-refractivity contribution in [3.63, 3.8) is 0 Å². The summed E-state index contributed by atoms with van der Waals surface area (Å²) in [6.45, 7) is 5.37. The summed E-state index contributed by atoms with van der Waals surface area (Å²) in [6.07, 6.45) is 0.508. The van der Waals surface area contributed by atoms with E-state index in [0.717, 1.165) is 6.26 Å². The molecule has 1 rings (SSSR count). The van der Waals surface area contributed by atoms with E-state index >= 15 is 0 Å². The Kier molecular flexibility index (Phi) is 4.94. The zero-order valence-corrected chi connectivity index (χ0v) is 12.3. The van der Waals surface area contributed by atoms with Gasteiger partial charge in [-0.15, -0.1) is 0 Å². The molecule has 0 fully saturated rings. The van der Waals surface area contributed by atoms with Crippen LogP contribution in [0.1, 0.15) is 20.8 Å². The van der Waals surface area contributed by atoms with Crippen LogP contribution in [-0.4, -0.2) is 32.7 Å². The Labute approximate surface area is 113 Å². The van der Waals surface area contributed by atoms with Gasteiger partial charge in [-0.2, -0.15) is 0 Å². The monoisotopic (exact) mass is 285 g/mol. The number of hydrogen-bond acceptors (Lipinski definition) is 4. The van der Waals surface area contributed by atoms with Crippen molar-refractivity contribution < 1.29 is 17.9 Å². The van der Waals surface area contributed by atoms with Crippen molar-refractivity contribution in [2.45, 2.75) is 37.8 Å². The highest BCUT2D eigenvalue weighted by Crippen LogP contribution is 2.17. The first-order valence-electron chi connectivity index (χ1n) is 5.97. The molecule has 0 spiro atoms. The van der Waals surface area contributed by atoms with Gasteiger partial charge in [-0.1, -0.05) is 0 Å². The van der Waals surface area contributed by atoms with E-state index in [-0.39, 0.29) is 16.8 Å². The second-order valence-corrected chi connectivity index (χ2v) is 6.68. The van der Waals surface area contributed by atoms with Crippen LogP contribution < -0.4 is 10.1 Å². The van der Waals surface area contributed by atoms with Crippen molar-refractivity contribution >= 4 is 15.7 Å². The topological polar surface area (TPSA) is 72.5 Å². The third kappa shape index (κ3) is 4.90. The number of amides is 1. The molecule has 1 aromatic carbocycles. The summed E-state index contributed by atoms with van der Waals surface area (Å²) in [5, 5.41) is 2.74. The van der Waals surface area contributed by atoms with Gasteiger partial charge in [-0.25, -0.2) is 8.42 Å². The third-order valence-corrected chi connectivity index (χ3v) is 3.49. The largest absolute Gasteiger partial charge is 0.481 e. The normalized spacial score (nSPS) is 13.1. The van der Waals surface area contributed by atoms with E-state index in [2.05, 4.69) is 5.32 Å². The lowest BCUT2D eigenvalue weighted by Crippen LogP contribution is -2.40. The molecule has 0 heterocycles. The van der Waals surface area contributed by atoms with Crippen LogP contribution >= 0.6 is 0 Å². The molecule has 1 aromatic rings. The molecule has 0 radical (unpaired) electrons. The Hall–Kier alpha value is -1.56. The second-order valence-electron chi connectivity index (χ2n) is 4.67. The van der Waals surface area contributed by atoms with Gasteiger partial charge in [0.15, 0.2) is 15.9 Å². The first kappa shape index (κ1) is 15.5. The van der Waals surface area contributed by atoms with E-state index in [1.165, 1.54) is 24.3 Å². The molecule has 1 atom stereocenters. The van der Waals surface area contributed by atoms with Crippen LogP contribution in [0.5, 0.6) is 5.75 Å². The summed E-state index contributed by atoms with van der Waals surface area (Å²) in [6, 6.07) is 6.03. The van der Waals surface area contributed by atoms with Gasteiger partial charge >= 0.3 is 0 Å². The van der Waals surface area contributed by atoms with Crippen LogP contribution in [-0.2, 0) is 14.6 Å². The Morgan fingerprint density at radius 1 is 1.16 bits per heavy atom. The molecule has 0 aliphatic carbocycles. The van der Waals surface area contributed by atoms with E-state index in [1.807, 2.05) is 13.8 Å². The number of carbonyl (C=O) groups is 1. The standard InChI is InChI=1S/C13H19NO4S/c1-9(2)14-13(15)10(3)18-11-5-7-12(8-6-11)19(4,16)17/h5-10H,1-4H3,(H,14,15). The highest BCUT2D eigenvalue weighted by Gasteiger charge is 2.15. The van der Waals surface area contributed by atoms with E-state index in [9.17, 15) is 13.2 Å². The molecule has 0 aliphatic rings. The smallest absolute Gasteiger partial charge is 0.260 e. The third-order valence-electron chi connectivity index (χ3n) is 2.36. The predicted molar refractivity (Wildman–Crippen MR) is 72.9 cm³/mol. The second kappa shape index (κ2) is 6.06. The number of hydrogen-bond donors (Lipinski definition) is 1. The van der Waals surface area contributed by atoms with Gasteiger partial charge in [0.05, 0.1) is 4.90 Å². The van der Waals surface area contributed by atoms with Crippen LogP contribution in [0.25, 0.3) is 0 Å². The Bertz CT molecular complexity index is 534. The average molecular weight is 285 g/mol. The number of carbonyl (C=O) groups excluding carboxylic acids is 1. The fourth-order valence-corrected chi connectivity index (χ4v) is 2.06. The number of ether oxygens (including phenoxy) is 1. The van der Waals surface area contributed by atoms with Crippen molar-refractivity contribution in [2.75, 3.05) is 6.26 Å². The fraction of sp³-hybridized carbons (Fsp3) is 0.462. The summed E-state index contributed by atoms with van der Waals surface area (Å²) in [5.74, 6) is 0.251. The van der Waals surface area contributed by atoms with Crippen molar-refractivity contribution in [3.05, 3.63) is 24.3 Å². The van der Waals surface area contributed by atoms with Gasteiger partial charge in [0.1, 0.15) is 5.75 Å². The van der Waals surface area contributed by atoms with Crippen LogP contribution in [0, 0.1) is 0 Å². The molecule has 0 bridgehead atoms. The maximum Gasteiger partial charge on any atom is 0.260 e. The summed E-state index contributed by atoms with van der Waals surface area (Å²) in [4.78, 5) is 11.9. The Balaban J connectivity index is 2.71. The van der Waals surface area contributed by atoms with Crippen molar-refractivity contribution in [1.29, 1.82) is 0 Å². The fourth-order valence-electron chi connectivity index (χ4n) is 1.42. The average Bonchev–Trinajstić information content (AvgIpc) is 2.27. The maximum absolute atomic E-state index is 11.7. The Morgan fingerprint density at radius 2 is 1.68 bits per heavy atom. The van der Waals surface area contributed by atoms with Gasteiger partial charge in [-0.05, 0) is 45.0 Å². The lowest BCUT2D eigenvalue weighted by Gasteiger charge is -2.16. The quantitative estimate of drug-likeness (QED) is 0.887. The number of sulfone groups is 1. The summed E-state index contributed by atoms with van der Waals surface area (Å²) in [5.41, 5.74) is 0. The number of nitrogens with one attached hydrogen (secondary N) is 1. The Morgan fingerprint density at radius 3 is 2.11 bits per heavy atom. The summed E-state index contributed by atoms with van der Waals surface area (Å²) >= 11 is 0. The van der Waals surface area contributed by atoms with E-state index in [0.29, 0.717) is 5.75 Å². The highest BCUT2D eigenvalue weighted by atomic mass is 32.2. The van der Waals surface area contributed by atoms with Gasteiger partial charge in [0.25, 0.3) is 5.91 Å². The zero-order chi connectivity index (χ0) is 14.6. The molecule has 0 saturated carbocycles. The summed E-state index contributed by atoms with van der Waals surface area (Å²) < 4.78 is 28.0. The molecule has 5 nitrogen and oxygen atoms in total. The maximum atomic E-state index is 11.7. The van der Waals surface area contributed by atoms with Crippen LogP contribution in [0.4, 0.5) is 0 Å². The minimum atomic E-state index is -3.22. The van der Waals surface area contributed by atoms with Gasteiger partial charge < -0.3 is 10.1 Å². The molecule has 0 aliphatic heterocycles. The zero-order valence-electron chi connectivity index (χ0n) is 11.5. The molecule has 19 heavy (non-hydrogen) atoms. The van der Waals surface area contributed by atoms with Crippen LogP contribution in [0.2, 0.25) is 0 Å². The molecule has 6 heteroatoms. The van der Waals surface area contributed by atoms with Crippen molar-refractivity contribution in [1.82, 2.24) is 5.32 Å². The first-order chi connectivity index (χ1) is 8.70. The van der Waals surface area contributed by atoms with Gasteiger partial charge in [-0.3, -0.25) is 4.79 Å². The molecule has 0 aromatic heterocycles. The number of rotatable bonds is 5. The molecule has 1 unspecified atom stereocenters. The van der Waals surface area contributed by atoms with E-state index < -0.39 is 15.9 Å². The minimum Gasteiger partial charge on any atom is -0.481 e. The lowest BCUT2D eigenvalue weighted by molar-refractivity contribution is -0.127. The first-order valence-corrected chi connectivity index (χ1v) is 7.86.